The quantitative estimate of drug-likeness (QED) is 0.856. The molecular weight excluding hydrogens is 266 g/mol. The lowest BCUT2D eigenvalue weighted by Gasteiger charge is -2.35. The summed E-state index contributed by atoms with van der Waals surface area (Å²) >= 11 is 0. The van der Waals surface area contributed by atoms with Crippen LogP contribution < -0.4 is 4.74 Å². The van der Waals surface area contributed by atoms with Gasteiger partial charge in [0.15, 0.2) is 6.61 Å². The Labute approximate surface area is 127 Å². The number of morpholine rings is 1. The van der Waals surface area contributed by atoms with Crippen LogP contribution in [0.2, 0.25) is 0 Å². The summed E-state index contributed by atoms with van der Waals surface area (Å²) in [7, 11) is 0. The van der Waals surface area contributed by atoms with Crippen molar-refractivity contribution < 1.29 is 14.3 Å². The lowest BCUT2D eigenvalue weighted by molar-refractivity contribution is -0.145. The van der Waals surface area contributed by atoms with Gasteiger partial charge in [0, 0.05) is 13.1 Å². The van der Waals surface area contributed by atoms with Crippen molar-refractivity contribution in [3.63, 3.8) is 0 Å². The van der Waals surface area contributed by atoms with Gasteiger partial charge in [-0.15, -0.1) is 0 Å². The third-order valence-corrected chi connectivity index (χ3v) is 3.68. The summed E-state index contributed by atoms with van der Waals surface area (Å²) < 4.78 is 11.2. The molecule has 2 atom stereocenters. The van der Waals surface area contributed by atoms with Crippen LogP contribution in [-0.2, 0) is 9.53 Å². The van der Waals surface area contributed by atoms with E-state index in [0.717, 1.165) is 5.75 Å². The Morgan fingerprint density at radius 3 is 2.33 bits per heavy atom. The van der Waals surface area contributed by atoms with Crippen LogP contribution >= 0.6 is 0 Å². The van der Waals surface area contributed by atoms with Crippen molar-refractivity contribution in [2.45, 2.75) is 45.8 Å². The Morgan fingerprint density at radius 2 is 1.81 bits per heavy atom. The number of hydrogen-bond acceptors (Lipinski definition) is 3. The van der Waals surface area contributed by atoms with Crippen LogP contribution in [0.25, 0.3) is 0 Å². The van der Waals surface area contributed by atoms with Crippen LogP contribution in [-0.4, -0.2) is 42.7 Å². The molecule has 21 heavy (non-hydrogen) atoms. The fourth-order valence-corrected chi connectivity index (χ4v) is 2.57. The molecule has 4 nitrogen and oxygen atoms in total. The van der Waals surface area contributed by atoms with E-state index in [1.54, 1.807) is 0 Å². The molecule has 1 aliphatic heterocycles. The summed E-state index contributed by atoms with van der Waals surface area (Å²) in [6.45, 7) is 9.64. The molecule has 1 aromatic rings. The second-order valence-electron chi connectivity index (χ2n) is 6.07. The monoisotopic (exact) mass is 291 g/mol. The molecular formula is C17H25NO3. The molecule has 4 heteroatoms. The summed E-state index contributed by atoms with van der Waals surface area (Å²) in [5.41, 5.74) is 1.27. The molecule has 2 rings (SSSR count). The number of rotatable bonds is 4. The lowest BCUT2D eigenvalue weighted by atomic mass is 10.0. The number of benzene rings is 1. The first-order valence-corrected chi connectivity index (χ1v) is 7.61. The van der Waals surface area contributed by atoms with E-state index in [0.29, 0.717) is 19.0 Å². The molecule has 1 aromatic carbocycles. The van der Waals surface area contributed by atoms with Crippen LogP contribution in [0.4, 0.5) is 0 Å². The smallest absolute Gasteiger partial charge is 0.260 e. The SMILES string of the molecule is CC(C)c1ccc(OCC(=O)N2C[C@@H](C)O[C@@H](C)C2)cc1. The van der Waals surface area contributed by atoms with Gasteiger partial charge in [0.2, 0.25) is 0 Å². The number of ether oxygens (including phenoxy) is 2. The highest BCUT2D eigenvalue weighted by molar-refractivity contribution is 5.78. The average molecular weight is 291 g/mol. The highest BCUT2D eigenvalue weighted by Gasteiger charge is 2.25. The molecule has 0 aliphatic carbocycles. The van der Waals surface area contributed by atoms with E-state index in [2.05, 4.69) is 13.8 Å². The van der Waals surface area contributed by atoms with E-state index in [1.165, 1.54) is 5.56 Å². The largest absolute Gasteiger partial charge is 0.484 e. The molecule has 0 spiro atoms. The van der Waals surface area contributed by atoms with Crippen molar-refractivity contribution in [3.05, 3.63) is 29.8 Å². The minimum Gasteiger partial charge on any atom is -0.484 e. The Bertz CT molecular complexity index is 459. The van der Waals surface area contributed by atoms with Crippen molar-refractivity contribution >= 4 is 5.91 Å². The minimum absolute atomic E-state index is 0.0185. The van der Waals surface area contributed by atoms with Gasteiger partial charge in [0.1, 0.15) is 5.75 Å². The molecule has 0 N–H and O–H groups in total. The second-order valence-corrected chi connectivity index (χ2v) is 6.07. The Morgan fingerprint density at radius 1 is 1.24 bits per heavy atom. The van der Waals surface area contributed by atoms with Crippen LogP contribution in [0.1, 0.15) is 39.2 Å². The maximum absolute atomic E-state index is 12.2. The first kappa shape index (κ1) is 15.8. The molecule has 0 bridgehead atoms. The van der Waals surface area contributed by atoms with E-state index >= 15 is 0 Å². The van der Waals surface area contributed by atoms with E-state index in [1.807, 2.05) is 43.0 Å². The lowest BCUT2D eigenvalue weighted by Crippen LogP contribution is -2.49. The standard InChI is InChI=1S/C17H25NO3/c1-12(2)15-5-7-16(8-6-15)20-11-17(19)18-9-13(3)21-14(4)10-18/h5-8,12-14H,9-11H2,1-4H3/t13-,14+. The van der Waals surface area contributed by atoms with Gasteiger partial charge in [0.05, 0.1) is 12.2 Å². The summed E-state index contributed by atoms with van der Waals surface area (Å²) in [6, 6.07) is 7.94. The van der Waals surface area contributed by atoms with E-state index in [-0.39, 0.29) is 24.7 Å². The summed E-state index contributed by atoms with van der Waals surface area (Å²) in [6.07, 6.45) is 0.172. The molecule has 1 aliphatic rings. The van der Waals surface area contributed by atoms with Gasteiger partial charge in [0.25, 0.3) is 5.91 Å². The number of hydrogen-bond donors (Lipinski definition) is 0. The third kappa shape index (κ3) is 4.46. The molecule has 1 saturated heterocycles. The third-order valence-electron chi connectivity index (χ3n) is 3.68. The van der Waals surface area contributed by atoms with Crippen LogP contribution in [0, 0.1) is 0 Å². The molecule has 0 radical (unpaired) electrons. The zero-order valence-corrected chi connectivity index (χ0v) is 13.3. The summed E-state index contributed by atoms with van der Waals surface area (Å²) in [4.78, 5) is 14.0. The van der Waals surface area contributed by atoms with Crippen LogP contribution in [0.15, 0.2) is 24.3 Å². The van der Waals surface area contributed by atoms with Gasteiger partial charge in [-0.3, -0.25) is 4.79 Å². The predicted octanol–water partition coefficient (Wildman–Crippen LogP) is 2.82. The molecule has 0 saturated carbocycles. The fourth-order valence-electron chi connectivity index (χ4n) is 2.57. The first-order chi connectivity index (χ1) is 9.95. The molecule has 1 fully saturated rings. The number of carbonyl (C=O) groups excluding carboxylic acids is 1. The number of nitrogens with zero attached hydrogens (tertiary/aromatic N) is 1. The maximum Gasteiger partial charge on any atom is 0.260 e. The van der Waals surface area contributed by atoms with E-state index in [4.69, 9.17) is 9.47 Å². The Kier molecular flexibility index (Phi) is 5.23. The fraction of sp³-hybridized carbons (Fsp3) is 0.588. The summed E-state index contributed by atoms with van der Waals surface area (Å²) in [5, 5.41) is 0. The molecule has 0 unspecified atom stereocenters. The molecule has 1 amide bonds. The topological polar surface area (TPSA) is 38.8 Å². The highest BCUT2D eigenvalue weighted by atomic mass is 16.5. The highest BCUT2D eigenvalue weighted by Crippen LogP contribution is 2.19. The van der Waals surface area contributed by atoms with Crippen molar-refractivity contribution in [1.29, 1.82) is 0 Å². The molecule has 1 heterocycles. The maximum atomic E-state index is 12.2. The van der Waals surface area contributed by atoms with Gasteiger partial charge in [-0.2, -0.15) is 0 Å². The number of amides is 1. The van der Waals surface area contributed by atoms with Gasteiger partial charge >= 0.3 is 0 Å². The Balaban J connectivity index is 1.86. The minimum atomic E-state index is 0.0185. The summed E-state index contributed by atoms with van der Waals surface area (Å²) in [5.74, 6) is 1.25. The van der Waals surface area contributed by atoms with Gasteiger partial charge in [-0.1, -0.05) is 26.0 Å². The van der Waals surface area contributed by atoms with Crippen LogP contribution in [0.3, 0.4) is 0 Å². The zero-order chi connectivity index (χ0) is 15.4. The normalized spacial score (nSPS) is 22.4. The first-order valence-electron chi connectivity index (χ1n) is 7.61. The van der Waals surface area contributed by atoms with Crippen LogP contribution in [0.5, 0.6) is 5.75 Å². The van der Waals surface area contributed by atoms with E-state index < -0.39 is 0 Å². The van der Waals surface area contributed by atoms with Gasteiger partial charge in [-0.05, 0) is 37.5 Å². The number of carbonyl (C=O) groups is 1. The molecule has 0 aromatic heterocycles. The second kappa shape index (κ2) is 6.94. The van der Waals surface area contributed by atoms with Crippen molar-refractivity contribution in [2.75, 3.05) is 19.7 Å². The zero-order valence-electron chi connectivity index (χ0n) is 13.3. The Hall–Kier alpha value is -1.55. The van der Waals surface area contributed by atoms with Crippen molar-refractivity contribution in [1.82, 2.24) is 4.90 Å². The molecule has 116 valence electrons. The van der Waals surface area contributed by atoms with Crippen molar-refractivity contribution in [2.24, 2.45) is 0 Å². The average Bonchev–Trinajstić information content (AvgIpc) is 2.44. The van der Waals surface area contributed by atoms with Gasteiger partial charge in [-0.25, -0.2) is 0 Å². The predicted molar refractivity (Wildman–Crippen MR) is 82.6 cm³/mol. The van der Waals surface area contributed by atoms with Crippen molar-refractivity contribution in [3.8, 4) is 5.75 Å². The van der Waals surface area contributed by atoms with E-state index in [9.17, 15) is 4.79 Å². The van der Waals surface area contributed by atoms with Gasteiger partial charge < -0.3 is 14.4 Å².